The van der Waals surface area contributed by atoms with Crippen LogP contribution in [0.15, 0.2) is 24.3 Å². The van der Waals surface area contributed by atoms with Gasteiger partial charge in [0.2, 0.25) is 12.2 Å². The molecule has 1 aromatic rings. The molecule has 188 valence electrons. The van der Waals surface area contributed by atoms with Crippen LogP contribution in [0.5, 0.6) is 5.75 Å². The Morgan fingerprint density at radius 1 is 0.941 bits per heavy atom. The Morgan fingerprint density at radius 2 is 1.53 bits per heavy atom. The van der Waals surface area contributed by atoms with Crippen molar-refractivity contribution in [2.75, 3.05) is 6.61 Å². The van der Waals surface area contributed by atoms with Crippen molar-refractivity contribution >= 4 is 23.8 Å². The maximum Gasteiger partial charge on any atom is 0.303 e. The molecular formula is C24H33NO9. The summed E-state index contributed by atoms with van der Waals surface area (Å²) < 4.78 is 27.9. The van der Waals surface area contributed by atoms with E-state index in [2.05, 4.69) is 19.2 Å². The van der Waals surface area contributed by atoms with Crippen LogP contribution < -0.4 is 10.1 Å². The van der Waals surface area contributed by atoms with Gasteiger partial charge in [-0.3, -0.25) is 19.2 Å². The molecule has 2 rings (SSSR count). The Hall–Kier alpha value is -3.14. The lowest BCUT2D eigenvalue weighted by atomic mass is 9.96. The van der Waals surface area contributed by atoms with Gasteiger partial charge >= 0.3 is 17.9 Å². The molecule has 34 heavy (non-hydrogen) atoms. The second kappa shape index (κ2) is 12.4. The van der Waals surface area contributed by atoms with Gasteiger partial charge in [-0.15, -0.1) is 0 Å². The third-order valence-electron chi connectivity index (χ3n) is 5.38. The van der Waals surface area contributed by atoms with Crippen molar-refractivity contribution in [3.8, 4) is 5.75 Å². The number of esters is 3. The van der Waals surface area contributed by atoms with Gasteiger partial charge in [0.05, 0.1) is 0 Å². The highest BCUT2D eigenvalue weighted by Gasteiger charge is 2.51. The monoisotopic (exact) mass is 479 g/mol. The molecule has 1 fully saturated rings. The summed E-state index contributed by atoms with van der Waals surface area (Å²) in [5.74, 6) is -1.52. The van der Waals surface area contributed by atoms with Crippen LogP contribution in [0.4, 0.5) is 0 Å². The van der Waals surface area contributed by atoms with Crippen molar-refractivity contribution in [2.45, 2.75) is 84.5 Å². The van der Waals surface area contributed by atoms with Crippen LogP contribution in [0.3, 0.4) is 0 Å². The van der Waals surface area contributed by atoms with Crippen LogP contribution in [-0.4, -0.2) is 61.1 Å². The van der Waals surface area contributed by atoms with E-state index in [4.69, 9.17) is 23.7 Å². The lowest BCUT2D eigenvalue weighted by Crippen LogP contribution is -2.67. The molecule has 1 amide bonds. The largest absolute Gasteiger partial charge is 0.463 e. The zero-order valence-electron chi connectivity index (χ0n) is 20.4. The Balaban J connectivity index is 2.41. The highest BCUT2D eigenvalue weighted by molar-refractivity contribution is 5.73. The normalized spacial score (nSPS) is 24.9. The maximum atomic E-state index is 12.0. The van der Waals surface area contributed by atoms with E-state index in [1.54, 1.807) is 12.1 Å². The van der Waals surface area contributed by atoms with E-state index in [-0.39, 0.29) is 6.61 Å². The number of carbonyl (C=O) groups excluding carboxylic acids is 4. The van der Waals surface area contributed by atoms with Crippen LogP contribution in [0.2, 0.25) is 0 Å². The molecule has 1 saturated heterocycles. The van der Waals surface area contributed by atoms with Gasteiger partial charge in [0.1, 0.15) is 24.5 Å². The van der Waals surface area contributed by atoms with E-state index in [1.165, 1.54) is 27.7 Å². The third-order valence-corrected chi connectivity index (χ3v) is 5.38. The summed E-state index contributed by atoms with van der Waals surface area (Å²) in [6, 6.07) is 6.39. The number of hydrogen-bond acceptors (Lipinski definition) is 9. The first-order valence-corrected chi connectivity index (χ1v) is 11.2. The molecule has 0 aromatic heterocycles. The van der Waals surface area contributed by atoms with Crippen LogP contribution in [-0.2, 0) is 38.1 Å². The number of benzene rings is 1. The summed E-state index contributed by atoms with van der Waals surface area (Å²) in [4.78, 5) is 47.1. The molecule has 10 nitrogen and oxygen atoms in total. The van der Waals surface area contributed by atoms with Crippen molar-refractivity contribution in [1.29, 1.82) is 0 Å². The second-order valence-electron chi connectivity index (χ2n) is 8.22. The molecule has 1 aliphatic rings. The SMILES string of the molecule is CC[C@H](C)c1ccc(O[C@@H]2O[C@H](COC(C)=O)[C@H](OC(C)=O)[C@@H](OC(C)=O)[C@@H]2NC(C)=O)cc1. The maximum absolute atomic E-state index is 12.0. The second-order valence-corrected chi connectivity index (χ2v) is 8.22. The average Bonchev–Trinajstić information content (AvgIpc) is 2.75. The van der Waals surface area contributed by atoms with Crippen molar-refractivity contribution in [1.82, 2.24) is 5.32 Å². The minimum Gasteiger partial charge on any atom is -0.463 e. The van der Waals surface area contributed by atoms with Gasteiger partial charge in [-0.2, -0.15) is 0 Å². The Kier molecular flexibility index (Phi) is 9.85. The van der Waals surface area contributed by atoms with Crippen molar-refractivity contribution in [3.05, 3.63) is 29.8 Å². The van der Waals surface area contributed by atoms with Crippen molar-refractivity contribution in [2.24, 2.45) is 0 Å². The van der Waals surface area contributed by atoms with Gasteiger partial charge in [0.15, 0.2) is 12.2 Å². The van der Waals surface area contributed by atoms with E-state index in [0.717, 1.165) is 12.0 Å². The molecule has 0 bridgehead atoms. The number of nitrogens with one attached hydrogen (secondary N) is 1. The standard InChI is InChI=1S/C24H33NO9/c1-7-13(2)18-8-10-19(11-9-18)33-24-21(25-14(3)26)23(32-17(6)29)22(31-16(5)28)20(34-24)12-30-15(4)27/h8-11,13,20-24H,7,12H2,1-6H3,(H,25,26)/t13-,20+,21-,22-,23-,24+/m0/s1. The van der Waals surface area contributed by atoms with Crippen LogP contribution in [0, 0.1) is 0 Å². The summed E-state index contributed by atoms with van der Waals surface area (Å²) in [6.07, 6.45) is -3.51. The van der Waals surface area contributed by atoms with Gasteiger partial charge in [-0.05, 0) is 30.0 Å². The molecule has 6 atom stereocenters. The van der Waals surface area contributed by atoms with Gasteiger partial charge in [-0.25, -0.2) is 0 Å². The van der Waals surface area contributed by atoms with Gasteiger partial charge in [-0.1, -0.05) is 26.0 Å². The predicted octanol–water partition coefficient (Wildman–Crippen LogP) is 2.23. The molecule has 1 N–H and O–H groups in total. The molecule has 0 radical (unpaired) electrons. The summed E-state index contributed by atoms with van der Waals surface area (Å²) in [7, 11) is 0. The van der Waals surface area contributed by atoms with Crippen molar-refractivity contribution in [3.63, 3.8) is 0 Å². The molecule has 10 heteroatoms. The third kappa shape index (κ3) is 7.72. The number of rotatable bonds is 9. The van der Waals surface area contributed by atoms with E-state index in [1.807, 2.05) is 12.1 Å². The molecule has 0 spiro atoms. The Morgan fingerprint density at radius 3 is 2.03 bits per heavy atom. The van der Waals surface area contributed by atoms with E-state index >= 15 is 0 Å². The zero-order valence-corrected chi connectivity index (χ0v) is 20.4. The zero-order chi connectivity index (χ0) is 25.4. The quantitative estimate of drug-likeness (QED) is 0.419. The molecular weight excluding hydrogens is 446 g/mol. The fourth-order valence-electron chi connectivity index (χ4n) is 3.64. The van der Waals surface area contributed by atoms with Crippen molar-refractivity contribution < 1.29 is 42.9 Å². The molecule has 1 aromatic carbocycles. The Bertz CT molecular complexity index is 870. The highest BCUT2D eigenvalue weighted by atomic mass is 16.7. The summed E-state index contributed by atoms with van der Waals surface area (Å²) in [5, 5.41) is 2.67. The molecule has 0 saturated carbocycles. The lowest BCUT2D eigenvalue weighted by Gasteiger charge is -2.44. The summed E-state index contributed by atoms with van der Waals surface area (Å²) in [5.41, 5.74) is 1.14. The minimum absolute atomic E-state index is 0.287. The first-order valence-electron chi connectivity index (χ1n) is 11.2. The van der Waals surface area contributed by atoms with Crippen LogP contribution in [0.25, 0.3) is 0 Å². The van der Waals surface area contributed by atoms with Gasteiger partial charge < -0.3 is 29.0 Å². The number of ether oxygens (including phenoxy) is 5. The molecule has 1 heterocycles. The first-order chi connectivity index (χ1) is 16.0. The fraction of sp³-hybridized carbons (Fsp3) is 0.583. The lowest BCUT2D eigenvalue weighted by molar-refractivity contribution is -0.257. The van der Waals surface area contributed by atoms with E-state index < -0.39 is 54.5 Å². The van der Waals surface area contributed by atoms with Crippen LogP contribution in [0.1, 0.15) is 59.4 Å². The first kappa shape index (κ1) is 27.1. The number of amides is 1. The van der Waals surface area contributed by atoms with E-state index in [9.17, 15) is 19.2 Å². The number of carbonyl (C=O) groups is 4. The van der Waals surface area contributed by atoms with Gasteiger partial charge in [0, 0.05) is 27.7 Å². The topological polar surface area (TPSA) is 126 Å². The smallest absolute Gasteiger partial charge is 0.303 e. The minimum atomic E-state index is -1.16. The number of hydrogen-bond donors (Lipinski definition) is 1. The highest BCUT2D eigenvalue weighted by Crippen LogP contribution is 2.30. The Labute approximate surface area is 199 Å². The van der Waals surface area contributed by atoms with Gasteiger partial charge in [0.25, 0.3) is 0 Å². The average molecular weight is 480 g/mol. The molecule has 0 unspecified atom stereocenters. The summed E-state index contributed by atoms with van der Waals surface area (Å²) >= 11 is 0. The summed E-state index contributed by atoms with van der Waals surface area (Å²) in [6.45, 7) is 8.81. The molecule has 0 aliphatic carbocycles. The predicted molar refractivity (Wildman–Crippen MR) is 120 cm³/mol. The molecule has 1 aliphatic heterocycles. The van der Waals surface area contributed by atoms with Crippen LogP contribution >= 0.6 is 0 Å². The fourth-order valence-corrected chi connectivity index (χ4v) is 3.64. The van der Waals surface area contributed by atoms with E-state index in [0.29, 0.717) is 11.7 Å².